The summed E-state index contributed by atoms with van der Waals surface area (Å²) in [5.74, 6) is -1.31. The molecule has 10 heteroatoms. The molecule has 0 saturated heterocycles. The summed E-state index contributed by atoms with van der Waals surface area (Å²) in [6, 6.07) is 12.2. The number of nitrogens with one attached hydrogen (secondary N) is 1. The van der Waals surface area contributed by atoms with Crippen LogP contribution in [-0.2, 0) is 10.0 Å². The van der Waals surface area contributed by atoms with E-state index < -0.39 is 27.4 Å². The second-order valence-electron chi connectivity index (χ2n) is 8.90. The molecule has 0 spiro atoms. The van der Waals surface area contributed by atoms with Crippen LogP contribution in [0, 0.1) is 17.2 Å². The van der Waals surface area contributed by atoms with Crippen molar-refractivity contribution in [3.05, 3.63) is 48.2 Å². The molecular weight excluding hydrogens is 465 g/mol. The number of pyridine rings is 1. The van der Waals surface area contributed by atoms with Crippen LogP contribution >= 0.6 is 0 Å². The zero-order valence-corrected chi connectivity index (χ0v) is 19.6. The highest BCUT2D eigenvalue weighted by molar-refractivity contribution is 7.93. The molecule has 1 fully saturated rings. The third kappa shape index (κ3) is 4.49. The molecule has 180 valence electrons. The number of anilines is 1. The van der Waals surface area contributed by atoms with Gasteiger partial charge in [-0.3, -0.25) is 4.72 Å². The van der Waals surface area contributed by atoms with Gasteiger partial charge in [0.15, 0.2) is 0 Å². The van der Waals surface area contributed by atoms with Gasteiger partial charge in [0.2, 0.25) is 10.0 Å². The smallest absolute Gasteiger partial charge is 0.321 e. The predicted molar refractivity (Wildman–Crippen MR) is 125 cm³/mol. The highest BCUT2D eigenvalue weighted by Gasteiger charge is 2.42. The molecule has 1 aromatic carbocycles. The lowest BCUT2D eigenvalue weighted by Crippen LogP contribution is -2.29. The zero-order chi connectivity index (χ0) is 24.7. The molecule has 2 heterocycles. The van der Waals surface area contributed by atoms with Gasteiger partial charge in [-0.25, -0.2) is 13.4 Å². The number of halogens is 3. The lowest BCUT2D eigenvalue weighted by atomic mass is 9.85. The Labute approximate surface area is 196 Å². The van der Waals surface area contributed by atoms with E-state index in [4.69, 9.17) is 0 Å². The first-order valence-electron chi connectivity index (χ1n) is 11.1. The molecule has 0 unspecified atom stereocenters. The van der Waals surface area contributed by atoms with Crippen molar-refractivity contribution < 1.29 is 21.6 Å². The van der Waals surface area contributed by atoms with E-state index in [-0.39, 0.29) is 18.9 Å². The van der Waals surface area contributed by atoms with Crippen LogP contribution in [0.15, 0.2) is 42.6 Å². The fraction of sp³-hybridized carbons (Fsp3) is 0.417. The number of aromatic nitrogens is 2. The summed E-state index contributed by atoms with van der Waals surface area (Å²) >= 11 is 0. The maximum absolute atomic E-state index is 13.2. The summed E-state index contributed by atoms with van der Waals surface area (Å²) < 4.78 is 68.5. The van der Waals surface area contributed by atoms with E-state index in [0.29, 0.717) is 46.4 Å². The summed E-state index contributed by atoms with van der Waals surface area (Å²) in [5.41, 5.74) is 2.61. The molecule has 0 aliphatic heterocycles. The number of benzene rings is 1. The molecule has 3 aromatic rings. The number of nitrogens with zero attached hydrogens (tertiary/aromatic N) is 3. The molecule has 2 aromatic heterocycles. The zero-order valence-electron chi connectivity index (χ0n) is 18.8. The molecule has 4 rings (SSSR count). The normalized spacial score (nSPS) is 19.3. The standard InChI is InChI=1S/C24H25F3N4O2S/c1-15(2)34(32,33)30-18-9-5-16(6-10-18)22-21(14-28)20-4-3-13-29-23(20)31(22)19-11-7-17(8-12-19)24(25,26)27/h3-6,9-10,13,15,17,19,30H,7-8,11-12H2,1-2H3. The van der Waals surface area contributed by atoms with Gasteiger partial charge in [-0.2, -0.15) is 18.4 Å². The fourth-order valence-electron chi connectivity index (χ4n) is 4.53. The van der Waals surface area contributed by atoms with Gasteiger partial charge in [-0.15, -0.1) is 0 Å². The Morgan fingerprint density at radius 2 is 1.76 bits per heavy atom. The monoisotopic (exact) mass is 490 g/mol. The molecule has 6 nitrogen and oxygen atoms in total. The topological polar surface area (TPSA) is 87.8 Å². The fourth-order valence-corrected chi connectivity index (χ4v) is 5.23. The van der Waals surface area contributed by atoms with E-state index in [1.54, 1.807) is 56.4 Å². The Morgan fingerprint density at radius 1 is 1.12 bits per heavy atom. The molecule has 1 N–H and O–H groups in total. The van der Waals surface area contributed by atoms with Crippen molar-refractivity contribution in [2.45, 2.75) is 57.0 Å². The first-order valence-corrected chi connectivity index (χ1v) is 12.7. The highest BCUT2D eigenvalue weighted by atomic mass is 32.2. The van der Waals surface area contributed by atoms with Gasteiger partial charge >= 0.3 is 6.18 Å². The van der Waals surface area contributed by atoms with E-state index in [0.717, 1.165) is 0 Å². The molecule has 1 aliphatic rings. The second kappa shape index (κ2) is 8.95. The minimum Gasteiger partial charge on any atom is -0.321 e. The number of rotatable bonds is 5. The Hall–Kier alpha value is -3.06. The van der Waals surface area contributed by atoms with Gasteiger partial charge in [-0.05, 0) is 69.4 Å². The lowest BCUT2D eigenvalue weighted by Gasteiger charge is -2.32. The molecule has 0 atom stereocenters. The first kappa shape index (κ1) is 24.1. The van der Waals surface area contributed by atoms with Crippen LogP contribution in [0.1, 0.15) is 51.1 Å². The molecule has 0 radical (unpaired) electrons. The Bertz CT molecular complexity index is 1330. The average Bonchev–Trinajstić information content (AvgIpc) is 3.13. The SMILES string of the molecule is CC(C)S(=O)(=O)Nc1ccc(-c2c(C#N)c3cccnc3n2C2CCC(C(F)(F)F)CC2)cc1. The van der Waals surface area contributed by atoms with Crippen LogP contribution in [0.25, 0.3) is 22.3 Å². The molecule has 1 saturated carbocycles. The quantitative estimate of drug-likeness (QED) is 0.474. The van der Waals surface area contributed by atoms with Gasteiger partial charge in [0.25, 0.3) is 0 Å². The van der Waals surface area contributed by atoms with Crippen LogP contribution in [0.4, 0.5) is 18.9 Å². The lowest BCUT2D eigenvalue weighted by molar-refractivity contribution is -0.183. The Balaban J connectivity index is 1.77. The minimum atomic E-state index is -4.21. The van der Waals surface area contributed by atoms with Gasteiger partial charge in [0.05, 0.1) is 22.4 Å². The van der Waals surface area contributed by atoms with Crippen molar-refractivity contribution >= 4 is 26.7 Å². The van der Waals surface area contributed by atoms with Crippen LogP contribution in [0.3, 0.4) is 0 Å². The Kier molecular flexibility index (Phi) is 6.34. The average molecular weight is 491 g/mol. The maximum atomic E-state index is 13.2. The van der Waals surface area contributed by atoms with Crippen molar-refractivity contribution in [3.8, 4) is 17.3 Å². The number of sulfonamides is 1. The summed E-state index contributed by atoms with van der Waals surface area (Å²) in [6.07, 6.45) is -1.89. The number of alkyl halides is 3. The van der Waals surface area contributed by atoms with Crippen LogP contribution < -0.4 is 4.72 Å². The van der Waals surface area contributed by atoms with Crippen molar-refractivity contribution in [1.82, 2.24) is 9.55 Å². The summed E-state index contributed by atoms with van der Waals surface area (Å²) in [4.78, 5) is 4.46. The van der Waals surface area contributed by atoms with E-state index in [1.807, 2.05) is 4.57 Å². The molecular formula is C24H25F3N4O2S. The number of hydrogen-bond donors (Lipinski definition) is 1. The number of hydrogen-bond acceptors (Lipinski definition) is 4. The summed E-state index contributed by atoms with van der Waals surface area (Å²) in [6.45, 7) is 3.16. The first-order chi connectivity index (χ1) is 16.0. The maximum Gasteiger partial charge on any atom is 0.391 e. The third-order valence-corrected chi connectivity index (χ3v) is 8.20. The van der Waals surface area contributed by atoms with E-state index >= 15 is 0 Å². The van der Waals surface area contributed by atoms with Crippen LogP contribution in [0.2, 0.25) is 0 Å². The molecule has 34 heavy (non-hydrogen) atoms. The van der Waals surface area contributed by atoms with E-state index in [9.17, 15) is 26.9 Å². The van der Waals surface area contributed by atoms with Gasteiger partial charge < -0.3 is 4.57 Å². The highest BCUT2D eigenvalue weighted by Crippen LogP contribution is 2.45. The van der Waals surface area contributed by atoms with Crippen molar-refractivity contribution in [1.29, 1.82) is 5.26 Å². The summed E-state index contributed by atoms with van der Waals surface area (Å²) in [7, 11) is -3.51. The number of nitriles is 1. The third-order valence-electron chi connectivity index (χ3n) is 6.44. The van der Waals surface area contributed by atoms with E-state index in [2.05, 4.69) is 15.8 Å². The largest absolute Gasteiger partial charge is 0.391 e. The van der Waals surface area contributed by atoms with Crippen molar-refractivity contribution in [3.63, 3.8) is 0 Å². The predicted octanol–water partition coefficient (Wildman–Crippen LogP) is 6.02. The van der Waals surface area contributed by atoms with Gasteiger partial charge in [0.1, 0.15) is 11.7 Å². The summed E-state index contributed by atoms with van der Waals surface area (Å²) in [5, 5.41) is 10.0. The van der Waals surface area contributed by atoms with Gasteiger partial charge in [0, 0.05) is 23.3 Å². The van der Waals surface area contributed by atoms with Crippen molar-refractivity contribution in [2.24, 2.45) is 5.92 Å². The minimum absolute atomic E-state index is 0.0257. The van der Waals surface area contributed by atoms with Crippen molar-refractivity contribution in [2.75, 3.05) is 4.72 Å². The van der Waals surface area contributed by atoms with Crippen LogP contribution in [0.5, 0.6) is 0 Å². The molecule has 0 amide bonds. The Morgan fingerprint density at radius 3 is 2.32 bits per heavy atom. The number of fused-ring (bicyclic) bond motifs is 1. The van der Waals surface area contributed by atoms with E-state index in [1.165, 1.54) is 0 Å². The molecule has 0 bridgehead atoms. The van der Waals surface area contributed by atoms with Gasteiger partial charge in [-0.1, -0.05) is 12.1 Å². The van der Waals surface area contributed by atoms with Crippen LogP contribution in [-0.4, -0.2) is 29.4 Å². The second-order valence-corrected chi connectivity index (χ2v) is 11.1. The molecule has 1 aliphatic carbocycles.